The average molecular weight is 257 g/mol. The summed E-state index contributed by atoms with van der Waals surface area (Å²) in [7, 11) is 0. The van der Waals surface area contributed by atoms with Crippen LogP contribution in [-0.2, 0) is 0 Å². The number of aromatic nitrogens is 4. The molecule has 0 aliphatic heterocycles. The highest BCUT2D eigenvalue weighted by atomic mass is 15.3. The van der Waals surface area contributed by atoms with Gasteiger partial charge in [-0.15, -0.1) is 0 Å². The first-order chi connectivity index (χ1) is 9.06. The van der Waals surface area contributed by atoms with Gasteiger partial charge in [-0.25, -0.2) is 14.6 Å². The summed E-state index contributed by atoms with van der Waals surface area (Å²) in [6, 6.07) is 2.07. The number of rotatable bonds is 3. The molecule has 5 heteroatoms. The quantitative estimate of drug-likeness (QED) is 0.917. The Labute approximate surface area is 112 Å². The van der Waals surface area contributed by atoms with Crippen molar-refractivity contribution in [3.05, 3.63) is 29.3 Å². The van der Waals surface area contributed by atoms with Gasteiger partial charge in [-0.2, -0.15) is 5.10 Å². The number of hydrogen-bond acceptors (Lipinski definition) is 4. The van der Waals surface area contributed by atoms with Crippen LogP contribution in [-0.4, -0.2) is 19.7 Å². The zero-order valence-corrected chi connectivity index (χ0v) is 11.6. The highest BCUT2D eigenvalue weighted by Crippen LogP contribution is 2.39. The van der Waals surface area contributed by atoms with Crippen molar-refractivity contribution < 1.29 is 0 Å². The van der Waals surface area contributed by atoms with Gasteiger partial charge >= 0.3 is 0 Å². The second kappa shape index (κ2) is 4.33. The number of nitrogen functional groups attached to an aromatic ring is 1. The second-order valence-electron chi connectivity index (χ2n) is 5.53. The molecule has 0 amide bonds. The summed E-state index contributed by atoms with van der Waals surface area (Å²) in [6.07, 6.45) is 4.46. The smallest absolute Gasteiger partial charge is 0.162 e. The Balaban J connectivity index is 2.06. The van der Waals surface area contributed by atoms with E-state index >= 15 is 0 Å². The van der Waals surface area contributed by atoms with Crippen molar-refractivity contribution in [3.63, 3.8) is 0 Å². The first-order valence-corrected chi connectivity index (χ1v) is 6.76. The van der Waals surface area contributed by atoms with Crippen molar-refractivity contribution in [1.82, 2.24) is 19.7 Å². The molecule has 2 aromatic rings. The Morgan fingerprint density at radius 3 is 2.68 bits per heavy atom. The summed E-state index contributed by atoms with van der Waals surface area (Å²) in [5.41, 5.74) is 8.02. The molecule has 0 atom stereocenters. The number of hydrogen-bond donors (Lipinski definition) is 1. The number of anilines is 1. The molecule has 0 bridgehead atoms. The highest BCUT2D eigenvalue weighted by Gasteiger charge is 2.26. The van der Waals surface area contributed by atoms with E-state index in [1.807, 2.05) is 17.8 Å². The molecule has 0 radical (unpaired) electrons. The lowest BCUT2D eigenvalue weighted by Gasteiger charge is -2.11. The molecule has 2 heterocycles. The second-order valence-corrected chi connectivity index (χ2v) is 5.53. The van der Waals surface area contributed by atoms with Crippen molar-refractivity contribution in [2.45, 2.75) is 45.4 Å². The number of nitrogens with two attached hydrogens (primary N) is 1. The minimum absolute atomic E-state index is 0.250. The molecule has 0 aromatic carbocycles. The summed E-state index contributed by atoms with van der Waals surface area (Å²) in [6.45, 7) is 6.06. The van der Waals surface area contributed by atoms with Crippen molar-refractivity contribution >= 4 is 5.82 Å². The van der Waals surface area contributed by atoms with Gasteiger partial charge < -0.3 is 5.73 Å². The van der Waals surface area contributed by atoms with Crippen molar-refractivity contribution in [3.8, 4) is 5.82 Å². The van der Waals surface area contributed by atoms with Crippen LogP contribution >= 0.6 is 0 Å². The minimum Gasteiger partial charge on any atom is -0.383 e. The molecular formula is C14H19N5. The fourth-order valence-corrected chi connectivity index (χ4v) is 2.07. The van der Waals surface area contributed by atoms with Crippen molar-refractivity contribution in [1.29, 1.82) is 0 Å². The van der Waals surface area contributed by atoms with E-state index in [0.717, 1.165) is 22.9 Å². The summed E-state index contributed by atoms with van der Waals surface area (Å²) in [4.78, 5) is 8.94. The summed E-state index contributed by atoms with van der Waals surface area (Å²) >= 11 is 0. The zero-order chi connectivity index (χ0) is 13.6. The SMILES string of the molecule is Cc1c(N)nc(C(C)C)nc1-n1ccc(C2CC2)n1. The van der Waals surface area contributed by atoms with Crippen LogP contribution in [0.25, 0.3) is 5.82 Å². The lowest BCUT2D eigenvalue weighted by molar-refractivity contribution is 0.736. The molecule has 1 aliphatic rings. The van der Waals surface area contributed by atoms with E-state index < -0.39 is 0 Å². The standard InChI is InChI=1S/C14H19N5/c1-8(2)13-16-12(15)9(3)14(17-13)19-7-6-11(18-19)10-4-5-10/h6-8,10H,4-5H2,1-3H3,(H2,15,16,17). The lowest BCUT2D eigenvalue weighted by Crippen LogP contribution is -2.11. The molecule has 2 N–H and O–H groups in total. The van der Waals surface area contributed by atoms with E-state index in [2.05, 4.69) is 35.0 Å². The first kappa shape index (κ1) is 12.1. The molecule has 5 nitrogen and oxygen atoms in total. The topological polar surface area (TPSA) is 69.6 Å². The zero-order valence-electron chi connectivity index (χ0n) is 11.6. The van der Waals surface area contributed by atoms with Crippen LogP contribution in [0.3, 0.4) is 0 Å². The molecule has 19 heavy (non-hydrogen) atoms. The maximum atomic E-state index is 5.98. The van der Waals surface area contributed by atoms with E-state index in [-0.39, 0.29) is 5.92 Å². The normalized spacial score (nSPS) is 15.2. The van der Waals surface area contributed by atoms with Crippen LogP contribution in [0.4, 0.5) is 5.82 Å². The number of nitrogens with zero attached hydrogens (tertiary/aromatic N) is 4. The van der Waals surface area contributed by atoms with Crippen molar-refractivity contribution in [2.75, 3.05) is 5.73 Å². The van der Waals surface area contributed by atoms with Crippen LogP contribution in [0.15, 0.2) is 12.3 Å². The predicted octanol–water partition coefficient (Wildman–Crippen LogP) is 2.55. The molecule has 0 spiro atoms. The summed E-state index contributed by atoms with van der Waals surface area (Å²) < 4.78 is 1.83. The Kier molecular flexibility index (Phi) is 2.77. The van der Waals surface area contributed by atoms with E-state index in [1.54, 1.807) is 0 Å². The van der Waals surface area contributed by atoms with E-state index in [0.29, 0.717) is 11.7 Å². The fraction of sp³-hybridized carbons (Fsp3) is 0.500. The van der Waals surface area contributed by atoms with Crippen LogP contribution < -0.4 is 5.73 Å². The van der Waals surface area contributed by atoms with Crippen LogP contribution in [0.5, 0.6) is 0 Å². The average Bonchev–Trinajstić information content (AvgIpc) is 3.11. The lowest BCUT2D eigenvalue weighted by atomic mass is 10.2. The van der Waals surface area contributed by atoms with Gasteiger partial charge in [-0.3, -0.25) is 0 Å². The van der Waals surface area contributed by atoms with E-state index in [9.17, 15) is 0 Å². The molecule has 0 unspecified atom stereocenters. The van der Waals surface area contributed by atoms with E-state index in [1.165, 1.54) is 12.8 Å². The van der Waals surface area contributed by atoms with Gasteiger partial charge in [-0.1, -0.05) is 13.8 Å². The Bertz CT molecular complexity index is 610. The van der Waals surface area contributed by atoms with Crippen molar-refractivity contribution in [2.24, 2.45) is 0 Å². The molecule has 0 saturated heterocycles. The van der Waals surface area contributed by atoms with Gasteiger partial charge in [0.25, 0.3) is 0 Å². The molecule has 100 valence electrons. The van der Waals surface area contributed by atoms with Crippen LogP contribution in [0.2, 0.25) is 0 Å². The first-order valence-electron chi connectivity index (χ1n) is 6.76. The Morgan fingerprint density at radius 2 is 2.05 bits per heavy atom. The highest BCUT2D eigenvalue weighted by molar-refractivity contribution is 5.48. The molecular weight excluding hydrogens is 238 g/mol. The van der Waals surface area contributed by atoms with Gasteiger partial charge in [0.1, 0.15) is 11.6 Å². The molecule has 3 rings (SSSR count). The van der Waals surface area contributed by atoms with Gasteiger partial charge in [0.15, 0.2) is 5.82 Å². The van der Waals surface area contributed by atoms with E-state index in [4.69, 9.17) is 5.73 Å². The molecule has 1 fully saturated rings. The predicted molar refractivity (Wildman–Crippen MR) is 74.4 cm³/mol. The summed E-state index contributed by atoms with van der Waals surface area (Å²) in [5.74, 6) is 2.99. The van der Waals surface area contributed by atoms with Gasteiger partial charge in [0, 0.05) is 23.6 Å². The summed E-state index contributed by atoms with van der Waals surface area (Å²) in [5, 5.41) is 4.62. The van der Waals surface area contributed by atoms with Crippen LogP contribution in [0.1, 0.15) is 55.6 Å². The Hall–Kier alpha value is -1.91. The maximum absolute atomic E-state index is 5.98. The third kappa shape index (κ3) is 2.20. The molecule has 1 saturated carbocycles. The van der Waals surface area contributed by atoms with Gasteiger partial charge in [0.05, 0.1) is 5.69 Å². The molecule has 2 aromatic heterocycles. The third-order valence-electron chi connectivity index (χ3n) is 3.51. The Morgan fingerprint density at radius 1 is 1.32 bits per heavy atom. The fourth-order valence-electron chi connectivity index (χ4n) is 2.07. The third-order valence-corrected chi connectivity index (χ3v) is 3.51. The largest absolute Gasteiger partial charge is 0.383 e. The van der Waals surface area contributed by atoms with Gasteiger partial charge in [0.2, 0.25) is 0 Å². The minimum atomic E-state index is 0.250. The van der Waals surface area contributed by atoms with Crippen LogP contribution in [0, 0.1) is 6.92 Å². The maximum Gasteiger partial charge on any atom is 0.162 e. The monoisotopic (exact) mass is 257 g/mol. The van der Waals surface area contributed by atoms with Gasteiger partial charge in [-0.05, 0) is 25.8 Å². The molecule has 1 aliphatic carbocycles.